The summed E-state index contributed by atoms with van der Waals surface area (Å²) in [5.74, 6) is 0.304. The summed E-state index contributed by atoms with van der Waals surface area (Å²) in [6.45, 7) is 4.37. The number of aromatic nitrogens is 1. The van der Waals surface area contributed by atoms with Gasteiger partial charge in [0.2, 0.25) is 11.8 Å². The summed E-state index contributed by atoms with van der Waals surface area (Å²) in [5, 5.41) is 0. The van der Waals surface area contributed by atoms with Gasteiger partial charge in [-0.2, -0.15) is 0 Å². The molecule has 2 aliphatic heterocycles. The lowest BCUT2D eigenvalue weighted by Gasteiger charge is -2.34. The van der Waals surface area contributed by atoms with Crippen LogP contribution >= 0.6 is 0 Å². The fraction of sp³-hybridized carbons (Fsp3) is 0.588. The first-order valence-electron chi connectivity index (χ1n) is 8.28. The molecule has 7 nitrogen and oxygen atoms in total. The molecule has 3 heterocycles. The molecule has 0 aliphatic carbocycles. The lowest BCUT2D eigenvalue weighted by atomic mass is 9.74. The number of carbonyl (C=O) groups excluding carboxylic acids is 2. The second-order valence-electron chi connectivity index (χ2n) is 6.41. The van der Waals surface area contributed by atoms with Gasteiger partial charge in [0.15, 0.2) is 0 Å². The SMILES string of the molecule is CCOc1ccc(CC(=O)N2C[C@@H]3COCC[C@]3(C(N)=O)C2)nc1. The predicted octanol–water partition coefficient (Wildman–Crippen LogP) is 0.373. The zero-order chi connectivity index (χ0) is 17.2. The van der Waals surface area contributed by atoms with Crippen LogP contribution in [0.3, 0.4) is 0 Å². The average Bonchev–Trinajstić information content (AvgIpc) is 2.98. The van der Waals surface area contributed by atoms with Gasteiger partial charge in [0.25, 0.3) is 0 Å². The standard InChI is InChI=1S/C17H23N3O4/c1-2-24-14-4-3-13(19-8-14)7-15(21)20-9-12-10-23-6-5-17(12,11-20)16(18)22/h3-4,8,12H,2,5-7,9-11H2,1H3,(H2,18,22)/t12-,17+/m1/s1. The molecule has 2 N–H and O–H groups in total. The number of amides is 2. The van der Waals surface area contributed by atoms with Crippen LogP contribution < -0.4 is 10.5 Å². The molecule has 2 fully saturated rings. The number of hydrogen-bond acceptors (Lipinski definition) is 5. The minimum atomic E-state index is -0.639. The molecule has 0 saturated carbocycles. The molecule has 0 bridgehead atoms. The molecule has 0 aromatic carbocycles. The topological polar surface area (TPSA) is 94.7 Å². The first kappa shape index (κ1) is 16.7. The third-order valence-electron chi connectivity index (χ3n) is 4.99. The first-order chi connectivity index (χ1) is 11.5. The van der Waals surface area contributed by atoms with Crippen molar-refractivity contribution in [2.45, 2.75) is 19.8 Å². The van der Waals surface area contributed by atoms with E-state index in [1.165, 1.54) is 0 Å². The van der Waals surface area contributed by atoms with Gasteiger partial charge in [0.05, 0.1) is 31.2 Å². The fourth-order valence-corrected chi connectivity index (χ4v) is 3.58. The molecule has 7 heteroatoms. The van der Waals surface area contributed by atoms with Crippen LogP contribution in [0.2, 0.25) is 0 Å². The number of carbonyl (C=O) groups is 2. The number of nitrogens with two attached hydrogens (primary N) is 1. The smallest absolute Gasteiger partial charge is 0.228 e. The number of hydrogen-bond donors (Lipinski definition) is 1. The fourth-order valence-electron chi connectivity index (χ4n) is 3.58. The molecule has 1 aromatic rings. The Kier molecular flexibility index (Phi) is 4.71. The van der Waals surface area contributed by atoms with E-state index >= 15 is 0 Å². The van der Waals surface area contributed by atoms with Gasteiger partial charge in [-0.1, -0.05) is 0 Å². The molecule has 2 amide bonds. The van der Waals surface area contributed by atoms with Crippen LogP contribution in [-0.4, -0.2) is 54.6 Å². The summed E-state index contributed by atoms with van der Waals surface area (Å²) in [6.07, 6.45) is 2.40. The maximum Gasteiger partial charge on any atom is 0.228 e. The molecule has 0 spiro atoms. The summed E-state index contributed by atoms with van der Waals surface area (Å²) in [4.78, 5) is 30.6. The van der Waals surface area contributed by atoms with Gasteiger partial charge in [0, 0.05) is 31.3 Å². The van der Waals surface area contributed by atoms with Gasteiger partial charge in [-0.3, -0.25) is 14.6 Å². The van der Waals surface area contributed by atoms with Crippen LogP contribution in [0.25, 0.3) is 0 Å². The Labute approximate surface area is 141 Å². The normalized spacial score (nSPS) is 26.0. The predicted molar refractivity (Wildman–Crippen MR) is 86.2 cm³/mol. The van der Waals surface area contributed by atoms with Crippen molar-refractivity contribution in [1.82, 2.24) is 9.88 Å². The highest BCUT2D eigenvalue weighted by atomic mass is 16.5. The highest BCUT2D eigenvalue weighted by Gasteiger charge is 2.53. The molecule has 24 heavy (non-hydrogen) atoms. The Hall–Kier alpha value is -2.15. The highest BCUT2D eigenvalue weighted by molar-refractivity contribution is 5.85. The van der Waals surface area contributed by atoms with Crippen molar-refractivity contribution in [1.29, 1.82) is 0 Å². The summed E-state index contributed by atoms with van der Waals surface area (Å²) in [5.41, 5.74) is 5.69. The second kappa shape index (κ2) is 6.76. The minimum absolute atomic E-state index is 0.0130. The van der Waals surface area contributed by atoms with Crippen LogP contribution in [-0.2, 0) is 20.7 Å². The van der Waals surface area contributed by atoms with Crippen LogP contribution in [0, 0.1) is 11.3 Å². The maximum absolute atomic E-state index is 12.6. The van der Waals surface area contributed by atoms with Crippen molar-refractivity contribution in [3.05, 3.63) is 24.0 Å². The molecule has 2 saturated heterocycles. The van der Waals surface area contributed by atoms with Gasteiger partial charge in [-0.15, -0.1) is 0 Å². The van der Waals surface area contributed by atoms with Crippen LogP contribution in [0.1, 0.15) is 19.0 Å². The highest BCUT2D eigenvalue weighted by Crippen LogP contribution is 2.42. The second-order valence-corrected chi connectivity index (χ2v) is 6.41. The summed E-state index contributed by atoms with van der Waals surface area (Å²) in [7, 11) is 0. The van der Waals surface area contributed by atoms with Crippen molar-refractivity contribution in [3.8, 4) is 5.75 Å². The quantitative estimate of drug-likeness (QED) is 0.840. The molecule has 3 rings (SSSR count). The average molecular weight is 333 g/mol. The monoisotopic (exact) mass is 333 g/mol. The molecular weight excluding hydrogens is 310 g/mol. The van der Waals surface area contributed by atoms with Crippen LogP contribution in [0.15, 0.2) is 18.3 Å². The molecule has 0 unspecified atom stereocenters. The molecular formula is C17H23N3O4. The Morgan fingerprint density at radius 2 is 2.33 bits per heavy atom. The summed E-state index contributed by atoms with van der Waals surface area (Å²) < 4.78 is 10.8. The van der Waals surface area contributed by atoms with Crippen LogP contribution in [0.5, 0.6) is 5.75 Å². The first-order valence-corrected chi connectivity index (χ1v) is 8.28. The van der Waals surface area contributed by atoms with Crippen molar-refractivity contribution >= 4 is 11.8 Å². The lowest BCUT2D eigenvalue weighted by Crippen LogP contribution is -2.48. The van der Waals surface area contributed by atoms with Crippen molar-refractivity contribution in [2.24, 2.45) is 17.1 Å². The molecule has 1 aromatic heterocycles. The van der Waals surface area contributed by atoms with Crippen molar-refractivity contribution < 1.29 is 19.1 Å². The van der Waals surface area contributed by atoms with E-state index in [-0.39, 0.29) is 24.2 Å². The molecule has 2 atom stereocenters. The summed E-state index contributed by atoms with van der Waals surface area (Å²) >= 11 is 0. The number of primary amides is 1. The number of likely N-dealkylation sites (tertiary alicyclic amines) is 1. The van der Waals surface area contributed by atoms with Gasteiger partial charge < -0.3 is 20.1 Å². The van der Waals surface area contributed by atoms with E-state index in [0.29, 0.717) is 50.8 Å². The third-order valence-corrected chi connectivity index (χ3v) is 4.99. The number of rotatable bonds is 5. The van der Waals surface area contributed by atoms with Gasteiger partial charge in [-0.05, 0) is 25.5 Å². The van der Waals surface area contributed by atoms with E-state index in [0.717, 1.165) is 0 Å². The van der Waals surface area contributed by atoms with Crippen molar-refractivity contribution in [3.63, 3.8) is 0 Å². The van der Waals surface area contributed by atoms with Crippen molar-refractivity contribution in [2.75, 3.05) is 32.9 Å². The van der Waals surface area contributed by atoms with E-state index in [2.05, 4.69) is 4.98 Å². The zero-order valence-electron chi connectivity index (χ0n) is 13.9. The van der Waals surface area contributed by atoms with E-state index in [4.69, 9.17) is 15.2 Å². The van der Waals surface area contributed by atoms with E-state index in [9.17, 15) is 9.59 Å². The zero-order valence-corrected chi connectivity index (χ0v) is 13.9. The lowest BCUT2D eigenvalue weighted by molar-refractivity contribution is -0.136. The Morgan fingerprint density at radius 3 is 2.96 bits per heavy atom. The van der Waals surface area contributed by atoms with Gasteiger partial charge >= 0.3 is 0 Å². The maximum atomic E-state index is 12.6. The number of ether oxygens (including phenoxy) is 2. The number of nitrogens with zero attached hydrogens (tertiary/aromatic N) is 2. The summed E-state index contributed by atoms with van der Waals surface area (Å²) in [6, 6.07) is 3.60. The molecule has 0 radical (unpaired) electrons. The largest absolute Gasteiger partial charge is 0.492 e. The number of pyridine rings is 1. The Bertz CT molecular complexity index is 619. The van der Waals surface area contributed by atoms with E-state index in [1.54, 1.807) is 17.2 Å². The van der Waals surface area contributed by atoms with Gasteiger partial charge in [-0.25, -0.2) is 0 Å². The Balaban J connectivity index is 1.66. The van der Waals surface area contributed by atoms with E-state index < -0.39 is 5.41 Å². The molecule has 130 valence electrons. The number of fused-ring (bicyclic) bond motifs is 1. The minimum Gasteiger partial charge on any atom is -0.492 e. The van der Waals surface area contributed by atoms with Gasteiger partial charge in [0.1, 0.15) is 5.75 Å². The Morgan fingerprint density at radius 1 is 1.50 bits per heavy atom. The van der Waals surface area contributed by atoms with E-state index in [1.807, 2.05) is 13.0 Å². The molecule has 2 aliphatic rings. The van der Waals surface area contributed by atoms with Crippen LogP contribution in [0.4, 0.5) is 0 Å². The third kappa shape index (κ3) is 3.08.